The first-order valence-electron chi connectivity index (χ1n) is 6.72. The minimum Gasteiger partial charge on any atom is -0.478 e. The fourth-order valence-corrected chi connectivity index (χ4v) is 2.31. The van der Waals surface area contributed by atoms with Crippen LogP contribution in [0.5, 0.6) is 0 Å². The zero-order valence-corrected chi connectivity index (χ0v) is 12.1. The Kier molecular flexibility index (Phi) is 4.70. The third-order valence-electron chi connectivity index (χ3n) is 3.44. The fourth-order valence-electron chi connectivity index (χ4n) is 2.31. The minimum absolute atomic E-state index is 0.0200. The first-order chi connectivity index (χ1) is 9.97. The lowest BCUT2D eigenvalue weighted by Gasteiger charge is -2.19. The molecule has 0 atom stereocenters. The van der Waals surface area contributed by atoms with E-state index in [1.54, 1.807) is 0 Å². The van der Waals surface area contributed by atoms with Gasteiger partial charge in [0, 0.05) is 13.1 Å². The van der Waals surface area contributed by atoms with Gasteiger partial charge in [-0.1, -0.05) is 30.3 Å². The average molecular weight is 287 g/mol. The summed E-state index contributed by atoms with van der Waals surface area (Å²) < 4.78 is 13.2. The Morgan fingerprint density at radius 1 is 1.14 bits per heavy atom. The van der Waals surface area contributed by atoms with Crippen molar-refractivity contribution in [1.82, 2.24) is 4.90 Å². The molecule has 0 aliphatic heterocycles. The summed E-state index contributed by atoms with van der Waals surface area (Å²) in [5.41, 5.74) is 3.02. The number of hydrogen-bond acceptors (Lipinski definition) is 2. The van der Waals surface area contributed by atoms with Crippen LogP contribution in [0.1, 0.15) is 27.0 Å². The summed E-state index contributed by atoms with van der Waals surface area (Å²) in [4.78, 5) is 13.2. The molecule has 2 aromatic carbocycles. The number of aryl methyl sites for hydroxylation is 1. The SMILES string of the molecule is Cc1ccccc1CN(C)Cc1ccc(F)cc1C(=O)O. The van der Waals surface area contributed by atoms with Crippen LogP contribution >= 0.6 is 0 Å². The third kappa shape index (κ3) is 3.89. The van der Waals surface area contributed by atoms with Crippen molar-refractivity contribution >= 4 is 5.97 Å². The van der Waals surface area contributed by atoms with Gasteiger partial charge in [0.05, 0.1) is 5.56 Å². The number of hydrogen-bond donors (Lipinski definition) is 1. The standard InChI is InChI=1S/C17H18FNO2/c1-12-5-3-4-6-13(12)10-19(2)11-14-7-8-15(18)9-16(14)17(20)21/h3-9H,10-11H2,1-2H3,(H,20,21). The van der Waals surface area contributed by atoms with E-state index in [9.17, 15) is 9.18 Å². The van der Waals surface area contributed by atoms with Gasteiger partial charge in [0.2, 0.25) is 0 Å². The second-order valence-corrected chi connectivity index (χ2v) is 5.21. The molecule has 3 nitrogen and oxygen atoms in total. The third-order valence-corrected chi connectivity index (χ3v) is 3.44. The van der Waals surface area contributed by atoms with Crippen LogP contribution in [0.2, 0.25) is 0 Å². The maximum atomic E-state index is 13.2. The number of carboxylic acid groups (broad SMARTS) is 1. The second kappa shape index (κ2) is 6.50. The van der Waals surface area contributed by atoms with Crippen LogP contribution < -0.4 is 0 Å². The van der Waals surface area contributed by atoms with Gasteiger partial charge < -0.3 is 5.11 Å². The van der Waals surface area contributed by atoms with Gasteiger partial charge >= 0.3 is 5.97 Å². The van der Waals surface area contributed by atoms with E-state index in [4.69, 9.17) is 5.11 Å². The minimum atomic E-state index is -1.10. The van der Waals surface area contributed by atoms with Gasteiger partial charge in [-0.25, -0.2) is 9.18 Å². The molecule has 1 N–H and O–H groups in total. The van der Waals surface area contributed by atoms with E-state index in [2.05, 4.69) is 6.07 Å². The van der Waals surface area contributed by atoms with E-state index in [-0.39, 0.29) is 5.56 Å². The molecule has 0 spiro atoms. The quantitative estimate of drug-likeness (QED) is 0.915. The molecule has 0 aliphatic rings. The number of halogens is 1. The van der Waals surface area contributed by atoms with Gasteiger partial charge in [-0.3, -0.25) is 4.90 Å². The van der Waals surface area contributed by atoms with E-state index in [1.807, 2.05) is 37.1 Å². The lowest BCUT2D eigenvalue weighted by Crippen LogP contribution is -2.19. The molecule has 0 amide bonds. The highest BCUT2D eigenvalue weighted by Crippen LogP contribution is 2.16. The van der Waals surface area contributed by atoms with Gasteiger partial charge in [-0.2, -0.15) is 0 Å². The van der Waals surface area contributed by atoms with Crippen molar-refractivity contribution < 1.29 is 14.3 Å². The molecule has 21 heavy (non-hydrogen) atoms. The normalized spacial score (nSPS) is 10.9. The molecule has 0 bridgehead atoms. The molecular weight excluding hydrogens is 269 g/mol. The maximum Gasteiger partial charge on any atom is 0.336 e. The van der Waals surface area contributed by atoms with E-state index in [0.717, 1.165) is 6.07 Å². The summed E-state index contributed by atoms with van der Waals surface area (Å²) in [6.07, 6.45) is 0. The highest BCUT2D eigenvalue weighted by atomic mass is 19.1. The Bertz CT molecular complexity index is 655. The molecule has 0 fully saturated rings. The highest BCUT2D eigenvalue weighted by Gasteiger charge is 2.13. The predicted octanol–water partition coefficient (Wildman–Crippen LogP) is 3.46. The topological polar surface area (TPSA) is 40.5 Å². The van der Waals surface area contributed by atoms with E-state index in [0.29, 0.717) is 18.7 Å². The Morgan fingerprint density at radius 3 is 2.48 bits per heavy atom. The summed E-state index contributed by atoms with van der Waals surface area (Å²) in [6.45, 7) is 3.21. The molecule has 0 saturated heterocycles. The van der Waals surface area contributed by atoms with Gasteiger partial charge in [0.1, 0.15) is 5.82 Å². The molecule has 0 aliphatic carbocycles. The summed E-state index contributed by atoms with van der Waals surface area (Å²) in [5, 5.41) is 9.15. The first kappa shape index (κ1) is 15.2. The maximum absolute atomic E-state index is 13.2. The number of benzene rings is 2. The molecule has 0 aromatic heterocycles. The fraction of sp³-hybridized carbons (Fsp3) is 0.235. The highest BCUT2D eigenvalue weighted by molar-refractivity contribution is 5.89. The van der Waals surface area contributed by atoms with E-state index >= 15 is 0 Å². The molecule has 2 aromatic rings. The Morgan fingerprint density at radius 2 is 1.81 bits per heavy atom. The lowest BCUT2D eigenvalue weighted by atomic mass is 10.1. The van der Waals surface area contributed by atoms with Crippen molar-refractivity contribution in [3.05, 3.63) is 70.5 Å². The molecular formula is C17H18FNO2. The van der Waals surface area contributed by atoms with Crippen molar-refractivity contribution in [2.45, 2.75) is 20.0 Å². The molecule has 0 radical (unpaired) electrons. The number of nitrogens with zero attached hydrogens (tertiary/aromatic N) is 1. The summed E-state index contributed by atoms with van der Waals surface area (Å²) in [7, 11) is 1.92. The van der Waals surface area contributed by atoms with Gasteiger partial charge in [-0.05, 0) is 42.8 Å². The Hall–Kier alpha value is -2.20. The van der Waals surface area contributed by atoms with Crippen molar-refractivity contribution in [1.29, 1.82) is 0 Å². The monoisotopic (exact) mass is 287 g/mol. The van der Waals surface area contributed by atoms with Crippen molar-refractivity contribution in [2.75, 3.05) is 7.05 Å². The Labute approximate surface area is 123 Å². The van der Waals surface area contributed by atoms with Crippen LogP contribution in [-0.2, 0) is 13.1 Å². The molecule has 0 unspecified atom stereocenters. The predicted molar refractivity (Wildman–Crippen MR) is 79.7 cm³/mol. The van der Waals surface area contributed by atoms with Gasteiger partial charge in [-0.15, -0.1) is 0 Å². The largest absolute Gasteiger partial charge is 0.478 e. The van der Waals surface area contributed by atoms with Gasteiger partial charge in [0.15, 0.2) is 0 Å². The van der Waals surface area contributed by atoms with Crippen LogP contribution in [-0.4, -0.2) is 23.0 Å². The number of aromatic carboxylic acids is 1. The summed E-state index contributed by atoms with van der Waals surface area (Å²) in [5.74, 6) is -1.63. The molecule has 110 valence electrons. The summed E-state index contributed by atoms with van der Waals surface area (Å²) in [6, 6.07) is 12.0. The smallest absolute Gasteiger partial charge is 0.336 e. The van der Waals surface area contributed by atoms with Crippen molar-refractivity contribution in [3.63, 3.8) is 0 Å². The van der Waals surface area contributed by atoms with Gasteiger partial charge in [0.25, 0.3) is 0 Å². The van der Waals surface area contributed by atoms with Crippen LogP contribution in [0.15, 0.2) is 42.5 Å². The van der Waals surface area contributed by atoms with E-state index < -0.39 is 11.8 Å². The molecule has 0 heterocycles. The molecule has 4 heteroatoms. The average Bonchev–Trinajstić information content (AvgIpc) is 2.43. The number of rotatable bonds is 5. The lowest BCUT2D eigenvalue weighted by molar-refractivity contribution is 0.0694. The zero-order chi connectivity index (χ0) is 15.4. The summed E-state index contributed by atoms with van der Waals surface area (Å²) >= 11 is 0. The molecule has 0 saturated carbocycles. The zero-order valence-electron chi connectivity index (χ0n) is 12.1. The van der Waals surface area contributed by atoms with Crippen LogP contribution in [0, 0.1) is 12.7 Å². The first-order valence-corrected chi connectivity index (χ1v) is 6.72. The molecule has 2 rings (SSSR count). The second-order valence-electron chi connectivity index (χ2n) is 5.21. The Balaban J connectivity index is 2.15. The van der Waals surface area contributed by atoms with Crippen molar-refractivity contribution in [2.24, 2.45) is 0 Å². The number of carbonyl (C=O) groups is 1. The van der Waals surface area contributed by atoms with Crippen molar-refractivity contribution in [3.8, 4) is 0 Å². The van der Waals surface area contributed by atoms with Crippen LogP contribution in [0.3, 0.4) is 0 Å². The van der Waals surface area contributed by atoms with Crippen LogP contribution in [0.4, 0.5) is 4.39 Å². The number of carboxylic acids is 1. The van der Waals surface area contributed by atoms with E-state index in [1.165, 1.54) is 23.3 Å². The van der Waals surface area contributed by atoms with Crippen LogP contribution in [0.25, 0.3) is 0 Å².